The van der Waals surface area contributed by atoms with Crippen LogP contribution in [0.5, 0.6) is 0 Å². The highest BCUT2D eigenvalue weighted by atomic mass is 15.2. The van der Waals surface area contributed by atoms with Gasteiger partial charge in [-0.1, -0.05) is 27.2 Å². The second-order valence-electron chi connectivity index (χ2n) is 5.09. The highest BCUT2D eigenvalue weighted by Crippen LogP contribution is 2.25. The zero-order valence-corrected chi connectivity index (χ0v) is 11.7. The lowest BCUT2D eigenvalue weighted by Crippen LogP contribution is -2.42. The third kappa shape index (κ3) is 3.74. The molecular formula is C14H30N2. The fourth-order valence-electron chi connectivity index (χ4n) is 2.89. The Morgan fingerprint density at radius 3 is 2.12 bits per heavy atom. The van der Waals surface area contributed by atoms with E-state index in [0.29, 0.717) is 0 Å². The Balaban J connectivity index is 0.000000606. The summed E-state index contributed by atoms with van der Waals surface area (Å²) in [4.78, 5) is 5.21. The first-order valence-corrected chi connectivity index (χ1v) is 7.22. The van der Waals surface area contributed by atoms with Crippen molar-refractivity contribution in [3.05, 3.63) is 0 Å². The van der Waals surface area contributed by atoms with Gasteiger partial charge in [-0.3, -0.25) is 0 Å². The van der Waals surface area contributed by atoms with Crippen LogP contribution in [0.4, 0.5) is 0 Å². The summed E-state index contributed by atoms with van der Waals surface area (Å²) in [5.74, 6) is 0.995. The maximum Gasteiger partial charge on any atom is 0.0120 e. The Bertz CT molecular complexity index is 174. The van der Waals surface area contributed by atoms with Gasteiger partial charge in [0.1, 0.15) is 0 Å². The largest absolute Gasteiger partial charge is 0.306 e. The second-order valence-corrected chi connectivity index (χ2v) is 5.09. The number of nitrogens with zero attached hydrogens (tertiary/aromatic N) is 2. The van der Waals surface area contributed by atoms with Crippen molar-refractivity contribution in [1.29, 1.82) is 0 Å². The van der Waals surface area contributed by atoms with E-state index in [1.807, 2.05) is 13.8 Å². The highest BCUT2D eigenvalue weighted by Gasteiger charge is 2.28. The number of hydrogen-bond acceptors (Lipinski definition) is 2. The normalized spacial score (nSPS) is 28.9. The molecule has 0 N–H and O–H groups in total. The minimum absolute atomic E-state index is 0.905. The monoisotopic (exact) mass is 226 g/mol. The molecule has 2 saturated heterocycles. The zero-order chi connectivity index (χ0) is 12.0. The lowest BCUT2D eigenvalue weighted by molar-refractivity contribution is 0.139. The smallest absolute Gasteiger partial charge is 0.0120 e. The Morgan fingerprint density at radius 2 is 1.62 bits per heavy atom. The molecule has 1 atom stereocenters. The average molecular weight is 226 g/mol. The Morgan fingerprint density at radius 1 is 1.00 bits per heavy atom. The van der Waals surface area contributed by atoms with E-state index >= 15 is 0 Å². The first-order valence-electron chi connectivity index (χ1n) is 7.22. The molecule has 1 unspecified atom stereocenters. The predicted octanol–water partition coefficient (Wildman–Crippen LogP) is 2.84. The van der Waals surface area contributed by atoms with Gasteiger partial charge in [-0.05, 0) is 51.9 Å². The molecule has 0 spiro atoms. The predicted molar refractivity (Wildman–Crippen MR) is 71.8 cm³/mol. The summed E-state index contributed by atoms with van der Waals surface area (Å²) in [6.45, 7) is 11.7. The third-order valence-electron chi connectivity index (χ3n) is 4.10. The van der Waals surface area contributed by atoms with Gasteiger partial charge in [-0.2, -0.15) is 0 Å². The van der Waals surface area contributed by atoms with Crippen LogP contribution in [0.25, 0.3) is 0 Å². The van der Waals surface area contributed by atoms with Crippen molar-refractivity contribution in [2.75, 3.05) is 33.2 Å². The number of likely N-dealkylation sites (tertiary alicyclic amines) is 2. The number of piperidine rings is 1. The van der Waals surface area contributed by atoms with E-state index in [1.54, 1.807) is 0 Å². The molecule has 2 heteroatoms. The molecule has 96 valence electrons. The summed E-state index contributed by atoms with van der Waals surface area (Å²) in [6, 6.07) is 0.905. The molecule has 0 aromatic rings. The lowest BCUT2D eigenvalue weighted by Gasteiger charge is -2.35. The van der Waals surface area contributed by atoms with Gasteiger partial charge < -0.3 is 9.80 Å². The summed E-state index contributed by atoms with van der Waals surface area (Å²) in [7, 11) is 2.25. The van der Waals surface area contributed by atoms with Gasteiger partial charge in [0.15, 0.2) is 0 Å². The molecule has 0 amide bonds. The average Bonchev–Trinajstić information content (AvgIpc) is 2.81. The van der Waals surface area contributed by atoms with Crippen LogP contribution in [-0.2, 0) is 0 Å². The van der Waals surface area contributed by atoms with Crippen molar-refractivity contribution in [2.24, 2.45) is 5.92 Å². The van der Waals surface area contributed by atoms with Gasteiger partial charge in [0, 0.05) is 12.6 Å². The topological polar surface area (TPSA) is 6.48 Å². The fourth-order valence-corrected chi connectivity index (χ4v) is 2.89. The van der Waals surface area contributed by atoms with Crippen LogP contribution < -0.4 is 0 Å². The quantitative estimate of drug-likeness (QED) is 0.714. The third-order valence-corrected chi connectivity index (χ3v) is 4.10. The van der Waals surface area contributed by atoms with E-state index in [1.165, 1.54) is 51.9 Å². The number of rotatable bonds is 2. The molecule has 2 heterocycles. The molecule has 0 saturated carbocycles. The van der Waals surface area contributed by atoms with Gasteiger partial charge in [0.05, 0.1) is 0 Å². The van der Waals surface area contributed by atoms with Gasteiger partial charge in [-0.25, -0.2) is 0 Å². The molecule has 2 fully saturated rings. The summed E-state index contributed by atoms with van der Waals surface area (Å²) in [5.41, 5.74) is 0. The molecule has 2 aliphatic heterocycles. The van der Waals surface area contributed by atoms with Crippen molar-refractivity contribution in [3.8, 4) is 0 Å². The summed E-state index contributed by atoms with van der Waals surface area (Å²) >= 11 is 0. The van der Waals surface area contributed by atoms with Crippen LogP contribution in [0.15, 0.2) is 0 Å². The molecule has 2 rings (SSSR count). The Labute approximate surface area is 102 Å². The van der Waals surface area contributed by atoms with Crippen LogP contribution in [0, 0.1) is 5.92 Å². The lowest BCUT2D eigenvalue weighted by atomic mass is 10.0. The zero-order valence-electron chi connectivity index (χ0n) is 11.7. The van der Waals surface area contributed by atoms with Gasteiger partial charge in [0.2, 0.25) is 0 Å². The SMILES string of the molecule is CC.CCC1CCN(C2CCN(C)CC2)C1. The van der Waals surface area contributed by atoms with Crippen LogP contribution >= 0.6 is 0 Å². The van der Waals surface area contributed by atoms with Gasteiger partial charge in [0.25, 0.3) is 0 Å². The molecule has 0 aliphatic carbocycles. The summed E-state index contributed by atoms with van der Waals surface area (Å²) in [6.07, 6.45) is 5.62. The molecule has 0 radical (unpaired) electrons. The Kier molecular flexibility index (Phi) is 6.37. The number of hydrogen-bond donors (Lipinski definition) is 0. The first-order chi connectivity index (χ1) is 7.79. The van der Waals surface area contributed by atoms with Crippen molar-refractivity contribution < 1.29 is 0 Å². The molecule has 2 nitrogen and oxygen atoms in total. The molecule has 16 heavy (non-hydrogen) atoms. The molecule has 0 aromatic carbocycles. The van der Waals surface area contributed by atoms with Crippen LogP contribution in [0.1, 0.15) is 46.5 Å². The van der Waals surface area contributed by atoms with E-state index in [2.05, 4.69) is 23.8 Å². The molecular weight excluding hydrogens is 196 g/mol. The summed E-state index contributed by atoms with van der Waals surface area (Å²) in [5, 5.41) is 0. The van der Waals surface area contributed by atoms with Crippen molar-refractivity contribution in [3.63, 3.8) is 0 Å². The van der Waals surface area contributed by atoms with Gasteiger partial charge >= 0.3 is 0 Å². The van der Waals surface area contributed by atoms with Crippen molar-refractivity contribution >= 4 is 0 Å². The van der Waals surface area contributed by atoms with E-state index in [4.69, 9.17) is 0 Å². The van der Waals surface area contributed by atoms with Crippen LogP contribution in [0.3, 0.4) is 0 Å². The second kappa shape index (κ2) is 7.29. The van der Waals surface area contributed by atoms with E-state index in [9.17, 15) is 0 Å². The summed E-state index contributed by atoms with van der Waals surface area (Å²) < 4.78 is 0. The molecule has 0 aromatic heterocycles. The minimum atomic E-state index is 0.905. The van der Waals surface area contributed by atoms with Crippen molar-refractivity contribution in [2.45, 2.75) is 52.5 Å². The van der Waals surface area contributed by atoms with Crippen LogP contribution in [0.2, 0.25) is 0 Å². The van der Waals surface area contributed by atoms with Crippen molar-refractivity contribution in [1.82, 2.24) is 9.80 Å². The Hall–Kier alpha value is -0.0800. The van der Waals surface area contributed by atoms with E-state index in [0.717, 1.165) is 12.0 Å². The maximum absolute atomic E-state index is 2.75. The van der Waals surface area contributed by atoms with Gasteiger partial charge in [-0.15, -0.1) is 0 Å². The van der Waals surface area contributed by atoms with E-state index < -0.39 is 0 Å². The minimum Gasteiger partial charge on any atom is -0.306 e. The standard InChI is InChI=1S/C12H24N2.C2H6/c1-3-11-4-9-14(10-11)12-5-7-13(2)8-6-12;1-2/h11-12H,3-10H2,1-2H3;1-2H3. The molecule has 2 aliphatic rings. The molecule has 0 bridgehead atoms. The van der Waals surface area contributed by atoms with E-state index in [-0.39, 0.29) is 0 Å². The van der Waals surface area contributed by atoms with Crippen LogP contribution in [-0.4, -0.2) is 49.1 Å². The highest BCUT2D eigenvalue weighted by molar-refractivity contribution is 4.84. The maximum atomic E-state index is 2.75. The first kappa shape index (κ1) is 14.0. The fraction of sp³-hybridized carbons (Fsp3) is 1.00.